The molecule has 2 atom stereocenters. The van der Waals surface area contributed by atoms with E-state index in [2.05, 4.69) is 98.0 Å². The molecule has 4 rings (SSSR count). The van der Waals surface area contributed by atoms with Gasteiger partial charge >= 0.3 is 0 Å². The fourth-order valence-corrected chi connectivity index (χ4v) is 8.10. The predicted octanol–water partition coefficient (Wildman–Crippen LogP) is 6.29. The molecule has 26 heavy (non-hydrogen) atoms. The van der Waals surface area contributed by atoms with Crippen molar-refractivity contribution in [3.05, 3.63) is 90.5 Å². The van der Waals surface area contributed by atoms with Crippen LogP contribution in [0.1, 0.15) is 18.4 Å². The maximum atomic E-state index is 2.56. The fraction of sp³-hybridized carbons (Fsp3) is 0.280. The molecule has 0 amide bonds. The molecule has 132 valence electrons. The maximum Gasteiger partial charge on any atom is 0.0839 e. The molecule has 0 aliphatic heterocycles. The van der Waals surface area contributed by atoms with E-state index in [-0.39, 0.29) is 0 Å². The number of rotatable bonds is 6. The van der Waals surface area contributed by atoms with Crippen LogP contribution in [0.3, 0.4) is 0 Å². The van der Waals surface area contributed by atoms with Crippen molar-refractivity contribution in [2.24, 2.45) is 5.92 Å². The standard InChI is InChI=1S/C25H28Si/c1-26(2,24-11-7-4-8-12-24)25-19-23(25)18-15-20-13-16-22(17-14-20)21-9-5-3-6-10-21/h3-14,16-17,23,25H,15,18-19H2,1-2H3/t23-,25-/m0/s1. The van der Waals surface area contributed by atoms with Crippen LogP contribution in [0.5, 0.6) is 0 Å². The Balaban J connectivity index is 1.34. The minimum atomic E-state index is -1.30. The molecule has 0 aromatic heterocycles. The maximum absolute atomic E-state index is 2.56. The van der Waals surface area contributed by atoms with Crippen molar-refractivity contribution in [2.75, 3.05) is 0 Å². The van der Waals surface area contributed by atoms with E-state index in [1.165, 1.54) is 36.0 Å². The summed E-state index contributed by atoms with van der Waals surface area (Å²) in [4.78, 5) is 0. The summed E-state index contributed by atoms with van der Waals surface area (Å²) < 4.78 is 0. The zero-order valence-electron chi connectivity index (χ0n) is 15.9. The summed E-state index contributed by atoms with van der Waals surface area (Å²) in [7, 11) is -1.30. The first-order valence-electron chi connectivity index (χ1n) is 9.84. The zero-order chi connectivity index (χ0) is 18.0. The molecule has 1 fully saturated rings. The van der Waals surface area contributed by atoms with Crippen LogP contribution in [-0.4, -0.2) is 8.07 Å². The summed E-state index contributed by atoms with van der Waals surface area (Å²) in [5, 5.41) is 1.62. The molecule has 0 nitrogen and oxygen atoms in total. The fourth-order valence-electron chi connectivity index (χ4n) is 4.38. The van der Waals surface area contributed by atoms with Crippen LogP contribution in [0.4, 0.5) is 0 Å². The summed E-state index contributed by atoms with van der Waals surface area (Å²) in [6, 6.07) is 31.1. The first-order valence-corrected chi connectivity index (χ1v) is 12.9. The summed E-state index contributed by atoms with van der Waals surface area (Å²) in [6.45, 7) is 5.11. The van der Waals surface area contributed by atoms with Gasteiger partial charge in [-0.1, -0.05) is 103 Å². The van der Waals surface area contributed by atoms with Gasteiger partial charge in [0.05, 0.1) is 8.07 Å². The highest BCUT2D eigenvalue weighted by molar-refractivity contribution is 6.91. The van der Waals surface area contributed by atoms with Gasteiger partial charge in [-0.3, -0.25) is 0 Å². The minimum absolute atomic E-state index is 0.936. The van der Waals surface area contributed by atoms with E-state index in [1.807, 2.05) is 0 Å². The van der Waals surface area contributed by atoms with Crippen molar-refractivity contribution in [1.29, 1.82) is 0 Å². The van der Waals surface area contributed by atoms with E-state index in [4.69, 9.17) is 0 Å². The zero-order valence-corrected chi connectivity index (χ0v) is 16.9. The number of benzene rings is 3. The Morgan fingerprint density at radius 2 is 1.31 bits per heavy atom. The summed E-state index contributed by atoms with van der Waals surface area (Å²) in [5.74, 6) is 0.936. The third-order valence-corrected chi connectivity index (χ3v) is 10.6. The van der Waals surface area contributed by atoms with Gasteiger partial charge in [0.2, 0.25) is 0 Å². The highest BCUT2D eigenvalue weighted by atomic mass is 28.3. The van der Waals surface area contributed by atoms with Gasteiger partial charge in [0.25, 0.3) is 0 Å². The Bertz CT molecular complexity index is 834. The van der Waals surface area contributed by atoms with E-state index in [9.17, 15) is 0 Å². The molecule has 0 spiro atoms. The second-order valence-corrected chi connectivity index (χ2v) is 13.1. The molecule has 0 radical (unpaired) electrons. The molecule has 3 aromatic rings. The lowest BCUT2D eigenvalue weighted by Crippen LogP contribution is -2.42. The van der Waals surface area contributed by atoms with Gasteiger partial charge in [-0.2, -0.15) is 0 Å². The molecule has 1 heteroatoms. The van der Waals surface area contributed by atoms with Gasteiger partial charge in [-0.15, -0.1) is 0 Å². The van der Waals surface area contributed by atoms with Crippen LogP contribution in [0.2, 0.25) is 18.6 Å². The lowest BCUT2D eigenvalue weighted by molar-refractivity contribution is 0.723. The monoisotopic (exact) mass is 356 g/mol. The van der Waals surface area contributed by atoms with Gasteiger partial charge in [0, 0.05) is 0 Å². The number of aryl methyl sites for hydroxylation is 1. The predicted molar refractivity (Wildman–Crippen MR) is 116 cm³/mol. The quantitative estimate of drug-likeness (QED) is 0.455. The van der Waals surface area contributed by atoms with Crippen LogP contribution in [0.15, 0.2) is 84.9 Å². The van der Waals surface area contributed by atoms with Gasteiger partial charge in [0.1, 0.15) is 0 Å². The van der Waals surface area contributed by atoms with Crippen LogP contribution in [0.25, 0.3) is 11.1 Å². The molecule has 1 aliphatic rings. The molecule has 1 aliphatic carbocycles. The topological polar surface area (TPSA) is 0 Å². The van der Waals surface area contributed by atoms with Crippen molar-refractivity contribution in [2.45, 2.75) is 37.9 Å². The van der Waals surface area contributed by atoms with E-state index >= 15 is 0 Å². The highest BCUT2D eigenvalue weighted by Gasteiger charge is 2.48. The average molecular weight is 357 g/mol. The first kappa shape index (κ1) is 17.3. The van der Waals surface area contributed by atoms with Crippen LogP contribution in [-0.2, 0) is 6.42 Å². The second kappa shape index (κ2) is 7.24. The number of hydrogen-bond donors (Lipinski definition) is 0. The third-order valence-electron chi connectivity index (χ3n) is 6.23. The Labute approximate surface area is 158 Å². The summed E-state index contributed by atoms with van der Waals surface area (Å²) >= 11 is 0. The smallest absolute Gasteiger partial charge is 0.0652 e. The van der Waals surface area contributed by atoms with Crippen molar-refractivity contribution in [3.8, 4) is 11.1 Å². The van der Waals surface area contributed by atoms with E-state index in [0.717, 1.165) is 11.5 Å². The molecule has 0 heterocycles. The lowest BCUT2D eigenvalue weighted by Gasteiger charge is -2.23. The molecule has 0 bridgehead atoms. The Morgan fingerprint density at radius 1 is 0.731 bits per heavy atom. The summed E-state index contributed by atoms with van der Waals surface area (Å²) in [6.07, 6.45) is 4.00. The highest BCUT2D eigenvalue weighted by Crippen LogP contribution is 2.53. The molecule has 3 aromatic carbocycles. The molecule has 0 unspecified atom stereocenters. The second-order valence-electron chi connectivity index (χ2n) is 8.29. The molecule has 1 saturated carbocycles. The van der Waals surface area contributed by atoms with Gasteiger partial charge in [-0.25, -0.2) is 0 Å². The Hall–Kier alpha value is -2.12. The van der Waals surface area contributed by atoms with Gasteiger partial charge < -0.3 is 0 Å². The van der Waals surface area contributed by atoms with Gasteiger partial charge in [-0.05, 0) is 47.4 Å². The lowest BCUT2D eigenvalue weighted by atomic mass is 10.0. The third kappa shape index (κ3) is 3.68. The Morgan fingerprint density at radius 3 is 1.96 bits per heavy atom. The minimum Gasteiger partial charge on any atom is -0.0652 e. The van der Waals surface area contributed by atoms with Crippen molar-refractivity contribution >= 4 is 13.3 Å². The van der Waals surface area contributed by atoms with Gasteiger partial charge in [0.15, 0.2) is 0 Å². The largest absolute Gasteiger partial charge is 0.0839 e. The molecular formula is C25H28Si. The SMILES string of the molecule is C[Si](C)(c1ccccc1)[C@H]1C[C@@H]1CCc1ccc(-c2ccccc2)cc1. The average Bonchev–Trinajstić information content (AvgIpc) is 3.49. The molecule has 0 saturated heterocycles. The Kier molecular flexibility index (Phi) is 4.82. The van der Waals surface area contributed by atoms with E-state index in [1.54, 1.807) is 5.19 Å². The first-order chi connectivity index (χ1) is 12.6. The molecule has 0 N–H and O–H groups in total. The van der Waals surface area contributed by atoms with Crippen molar-refractivity contribution in [3.63, 3.8) is 0 Å². The molecular weight excluding hydrogens is 328 g/mol. The van der Waals surface area contributed by atoms with Crippen LogP contribution >= 0.6 is 0 Å². The number of hydrogen-bond acceptors (Lipinski definition) is 0. The van der Waals surface area contributed by atoms with Crippen molar-refractivity contribution < 1.29 is 0 Å². The summed E-state index contributed by atoms with van der Waals surface area (Å²) in [5.41, 5.74) is 5.07. The normalized spacial score (nSPS) is 19.3. The van der Waals surface area contributed by atoms with E-state index < -0.39 is 8.07 Å². The van der Waals surface area contributed by atoms with Crippen molar-refractivity contribution in [1.82, 2.24) is 0 Å². The van der Waals surface area contributed by atoms with Crippen LogP contribution in [0, 0.1) is 5.92 Å². The van der Waals surface area contributed by atoms with Crippen LogP contribution < -0.4 is 5.19 Å². The van der Waals surface area contributed by atoms with E-state index in [0.29, 0.717) is 0 Å².